The molecule has 0 saturated carbocycles. The first-order chi connectivity index (χ1) is 12.3. The molecule has 1 aromatic carbocycles. The van der Waals surface area contributed by atoms with Crippen molar-refractivity contribution in [3.8, 4) is 0 Å². The summed E-state index contributed by atoms with van der Waals surface area (Å²) in [6, 6.07) is 5.03. The Hall–Kier alpha value is -1.99. The third-order valence-corrected chi connectivity index (χ3v) is 5.73. The van der Waals surface area contributed by atoms with Gasteiger partial charge in [-0.25, -0.2) is 8.42 Å². The molecular formula is C19H25NO5S. The summed E-state index contributed by atoms with van der Waals surface area (Å²) in [7, 11) is -3.94. The van der Waals surface area contributed by atoms with E-state index in [1.807, 2.05) is 13.0 Å². The molecule has 0 heterocycles. The lowest BCUT2D eigenvalue weighted by Gasteiger charge is -2.18. The average molecular weight is 379 g/mol. The third kappa shape index (κ3) is 5.51. The molecule has 2 rings (SSSR count). The summed E-state index contributed by atoms with van der Waals surface area (Å²) in [4.78, 5) is 24.7. The highest BCUT2D eigenvalue weighted by atomic mass is 32.2. The molecule has 1 aromatic rings. The Kier molecular flexibility index (Phi) is 7.11. The summed E-state index contributed by atoms with van der Waals surface area (Å²) >= 11 is 0. The zero-order valence-electron chi connectivity index (χ0n) is 15.2. The number of esters is 1. The number of ether oxygens (including phenoxy) is 1. The van der Waals surface area contributed by atoms with Gasteiger partial charge in [-0.3, -0.25) is 9.59 Å². The van der Waals surface area contributed by atoms with Gasteiger partial charge < -0.3 is 4.74 Å². The molecule has 0 amide bonds. The van der Waals surface area contributed by atoms with E-state index in [9.17, 15) is 18.0 Å². The van der Waals surface area contributed by atoms with E-state index >= 15 is 0 Å². The smallest absolute Gasteiger partial charge is 0.324 e. The van der Waals surface area contributed by atoms with Crippen LogP contribution in [0.15, 0.2) is 40.8 Å². The van der Waals surface area contributed by atoms with Crippen molar-refractivity contribution in [2.24, 2.45) is 0 Å². The normalized spacial score (nSPS) is 15.8. The molecule has 6 nitrogen and oxygen atoms in total. The van der Waals surface area contributed by atoms with Crippen molar-refractivity contribution in [2.75, 3.05) is 6.61 Å². The van der Waals surface area contributed by atoms with Crippen LogP contribution >= 0.6 is 0 Å². The van der Waals surface area contributed by atoms with Gasteiger partial charge in [-0.1, -0.05) is 23.8 Å². The number of nitrogens with one attached hydrogen (secondary N) is 1. The molecule has 1 aliphatic rings. The maximum Gasteiger partial charge on any atom is 0.324 e. The van der Waals surface area contributed by atoms with Crippen LogP contribution in [0.1, 0.15) is 44.6 Å². The predicted octanol–water partition coefficient (Wildman–Crippen LogP) is 2.66. The second kappa shape index (κ2) is 9.09. The molecule has 0 bridgehead atoms. The minimum atomic E-state index is -3.94. The Balaban J connectivity index is 2.18. The van der Waals surface area contributed by atoms with Gasteiger partial charge in [0.05, 0.1) is 11.5 Å². The molecule has 1 unspecified atom stereocenters. The molecule has 0 aliphatic heterocycles. The topological polar surface area (TPSA) is 89.5 Å². The summed E-state index contributed by atoms with van der Waals surface area (Å²) < 4.78 is 32.4. The Morgan fingerprint density at radius 3 is 2.46 bits per heavy atom. The number of allylic oxidation sites excluding steroid dienone is 2. The zero-order chi connectivity index (χ0) is 19.2. The maximum atomic E-state index is 12.6. The highest BCUT2D eigenvalue weighted by Crippen LogP contribution is 2.20. The van der Waals surface area contributed by atoms with E-state index < -0.39 is 22.0 Å². The molecule has 7 heteroatoms. The quantitative estimate of drug-likeness (QED) is 0.702. The average Bonchev–Trinajstić information content (AvgIpc) is 2.62. The molecular weight excluding hydrogens is 354 g/mol. The molecule has 0 spiro atoms. The van der Waals surface area contributed by atoms with E-state index in [0.717, 1.165) is 24.8 Å². The predicted molar refractivity (Wildman–Crippen MR) is 98.1 cm³/mol. The highest BCUT2D eigenvalue weighted by molar-refractivity contribution is 7.89. The summed E-state index contributed by atoms with van der Waals surface area (Å²) in [5.41, 5.74) is 1.59. The van der Waals surface area contributed by atoms with E-state index in [0.29, 0.717) is 12.0 Å². The Morgan fingerprint density at radius 1 is 1.19 bits per heavy atom. The number of hydrogen-bond acceptors (Lipinski definition) is 5. The summed E-state index contributed by atoms with van der Waals surface area (Å²) in [5.74, 6) is -0.956. The Morgan fingerprint density at radius 2 is 1.88 bits per heavy atom. The molecule has 1 N–H and O–H groups in total. The summed E-state index contributed by atoms with van der Waals surface area (Å²) in [5, 5.41) is 0. The number of hydrogen-bond donors (Lipinski definition) is 1. The van der Waals surface area contributed by atoms with Crippen LogP contribution in [0, 0.1) is 6.92 Å². The maximum absolute atomic E-state index is 12.6. The van der Waals surface area contributed by atoms with Gasteiger partial charge in [0.25, 0.3) is 0 Å². The van der Waals surface area contributed by atoms with Gasteiger partial charge >= 0.3 is 5.97 Å². The molecule has 0 aromatic heterocycles. The van der Waals surface area contributed by atoms with Crippen molar-refractivity contribution in [2.45, 2.75) is 56.9 Å². The second-order valence-corrected chi connectivity index (χ2v) is 8.06. The van der Waals surface area contributed by atoms with Crippen LogP contribution in [0.4, 0.5) is 0 Å². The van der Waals surface area contributed by atoms with Crippen molar-refractivity contribution >= 4 is 21.8 Å². The number of Topliss-reactive ketones (excluding diaryl/α,β-unsaturated/α-hetero) is 1. The van der Waals surface area contributed by atoms with Crippen molar-refractivity contribution in [3.63, 3.8) is 0 Å². The van der Waals surface area contributed by atoms with Gasteiger partial charge in [0.15, 0.2) is 5.78 Å². The van der Waals surface area contributed by atoms with Gasteiger partial charge in [-0.2, -0.15) is 4.72 Å². The first-order valence-electron chi connectivity index (χ1n) is 8.81. The second-order valence-electron chi connectivity index (χ2n) is 6.34. The molecule has 0 radical (unpaired) electrons. The number of carbonyl (C=O) groups excluding carboxylic acids is 2. The Bertz CT molecular complexity index is 781. The molecule has 26 heavy (non-hydrogen) atoms. The van der Waals surface area contributed by atoms with Crippen LogP contribution in [-0.2, 0) is 24.3 Å². The van der Waals surface area contributed by atoms with Crippen LogP contribution in [0.25, 0.3) is 0 Å². The van der Waals surface area contributed by atoms with Crippen LogP contribution in [0.2, 0.25) is 0 Å². The van der Waals surface area contributed by atoms with Crippen LogP contribution < -0.4 is 4.72 Å². The first-order valence-corrected chi connectivity index (χ1v) is 10.3. The van der Waals surface area contributed by atoms with E-state index in [2.05, 4.69) is 4.72 Å². The minimum Gasteiger partial charge on any atom is -0.465 e. The Labute approximate surface area is 154 Å². The van der Waals surface area contributed by atoms with Crippen molar-refractivity contribution in [3.05, 3.63) is 41.5 Å². The zero-order valence-corrected chi connectivity index (χ0v) is 16.0. The van der Waals surface area contributed by atoms with Gasteiger partial charge in [-0.05, 0) is 57.2 Å². The fourth-order valence-corrected chi connectivity index (χ4v) is 3.98. The number of sulfonamides is 1. The van der Waals surface area contributed by atoms with Gasteiger partial charge in [0.1, 0.15) is 6.04 Å². The molecule has 142 valence electrons. The van der Waals surface area contributed by atoms with Crippen molar-refractivity contribution < 1.29 is 22.7 Å². The summed E-state index contributed by atoms with van der Waals surface area (Å²) in [6.07, 6.45) is 5.10. The number of ketones is 1. The van der Waals surface area contributed by atoms with Gasteiger partial charge in [-0.15, -0.1) is 0 Å². The molecule has 1 aliphatic carbocycles. The lowest BCUT2D eigenvalue weighted by molar-refractivity contribution is -0.146. The van der Waals surface area contributed by atoms with Crippen LogP contribution in [-0.4, -0.2) is 32.8 Å². The fourth-order valence-electron chi connectivity index (χ4n) is 2.80. The van der Waals surface area contributed by atoms with E-state index in [4.69, 9.17) is 4.74 Å². The molecule has 0 saturated heterocycles. The van der Waals surface area contributed by atoms with Crippen molar-refractivity contribution in [1.82, 2.24) is 4.72 Å². The SMILES string of the molecule is CCOC(=O)C(CC(=O)C1=CCCCC1)NS(=O)(=O)c1ccc(C)cc1. The largest absolute Gasteiger partial charge is 0.465 e. The first kappa shape index (κ1) is 20.3. The highest BCUT2D eigenvalue weighted by Gasteiger charge is 2.30. The number of aryl methyl sites for hydroxylation is 1. The summed E-state index contributed by atoms with van der Waals surface area (Å²) in [6.45, 7) is 3.59. The van der Waals surface area contributed by atoms with E-state index in [-0.39, 0.29) is 23.7 Å². The van der Waals surface area contributed by atoms with Gasteiger partial charge in [0.2, 0.25) is 10.0 Å². The van der Waals surface area contributed by atoms with Gasteiger partial charge in [0, 0.05) is 6.42 Å². The monoisotopic (exact) mass is 379 g/mol. The lowest BCUT2D eigenvalue weighted by atomic mass is 9.93. The third-order valence-electron chi connectivity index (χ3n) is 4.24. The number of benzene rings is 1. The van der Waals surface area contributed by atoms with Crippen LogP contribution in [0.5, 0.6) is 0 Å². The van der Waals surface area contributed by atoms with E-state index in [1.54, 1.807) is 19.1 Å². The number of carbonyl (C=O) groups is 2. The van der Waals surface area contributed by atoms with E-state index in [1.165, 1.54) is 12.1 Å². The molecule has 0 fully saturated rings. The number of rotatable bonds is 8. The van der Waals surface area contributed by atoms with Crippen molar-refractivity contribution in [1.29, 1.82) is 0 Å². The minimum absolute atomic E-state index is 0.0433. The fraction of sp³-hybridized carbons (Fsp3) is 0.474. The molecule has 1 atom stereocenters. The lowest BCUT2D eigenvalue weighted by Crippen LogP contribution is -2.43. The van der Waals surface area contributed by atoms with Crippen LogP contribution in [0.3, 0.4) is 0 Å². The standard InChI is InChI=1S/C19H25NO5S/c1-3-25-19(22)17(13-18(21)15-7-5-4-6-8-15)20-26(23,24)16-11-9-14(2)10-12-16/h7,9-12,17,20H,3-6,8,13H2,1-2H3.